The van der Waals surface area contributed by atoms with Crippen molar-refractivity contribution >= 4 is 5.91 Å². The number of hydrogen-bond donors (Lipinski definition) is 4. The van der Waals surface area contributed by atoms with Crippen LogP contribution in [-0.2, 0) is 11.2 Å². The zero-order chi connectivity index (χ0) is 15.1. The van der Waals surface area contributed by atoms with Gasteiger partial charge >= 0.3 is 0 Å². The van der Waals surface area contributed by atoms with Crippen LogP contribution < -0.4 is 11.1 Å². The summed E-state index contributed by atoms with van der Waals surface area (Å²) in [5, 5.41) is 21.5. The number of amides is 1. The Hall–Kier alpha value is -1.75. The summed E-state index contributed by atoms with van der Waals surface area (Å²) < 4.78 is 0. The molecule has 0 heterocycles. The van der Waals surface area contributed by atoms with Crippen molar-refractivity contribution in [3.05, 3.63) is 23.8 Å². The summed E-state index contributed by atoms with van der Waals surface area (Å²) in [6.45, 7) is 4.83. The summed E-state index contributed by atoms with van der Waals surface area (Å²) in [7, 11) is 0. The molecular formula is C15H24N2O3. The van der Waals surface area contributed by atoms with Crippen LogP contribution >= 0.6 is 0 Å². The van der Waals surface area contributed by atoms with Crippen molar-refractivity contribution in [2.45, 2.75) is 39.2 Å². The summed E-state index contributed by atoms with van der Waals surface area (Å²) in [4.78, 5) is 11.9. The van der Waals surface area contributed by atoms with Crippen LogP contribution in [0.3, 0.4) is 0 Å². The molecule has 0 radical (unpaired) electrons. The zero-order valence-corrected chi connectivity index (χ0v) is 12.1. The fourth-order valence-corrected chi connectivity index (χ4v) is 2.00. The molecule has 1 rings (SSSR count). The lowest BCUT2D eigenvalue weighted by molar-refractivity contribution is -0.122. The van der Waals surface area contributed by atoms with Gasteiger partial charge in [-0.1, -0.05) is 32.8 Å². The minimum Gasteiger partial charge on any atom is -0.504 e. The fourth-order valence-electron chi connectivity index (χ4n) is 2.00. The van der Waals surface area contributed by atoms with E-state index in [1.54, 1.807) is 6.07 Å². The van der Waals surface area contributed by atoms with Crippen molar-refractivity contribution < 1.29 is 15.0 Å². The Balaban J connectivity index is 2.50. The largest absolute Gasteiger partial charge is 0.504 e. The number of hydrogen-bond acceptors (Lipinski definition) is 4. The number of carbonyl (C=O) groups is 1. The Kier molecular flexibility index (Phi) is 6.31. The number of benzene rings is 1. The molecule has 1 aromatic rings. The summed E-state index contributed by atoms with van der Waals surface area (Å²) >= 11 is 0. The molecule has 0 saturated heterocycles. The van der Waals surface area contributed by atoms with Crippen molar-refractivity contribution in [3.8, 4) is 11.5 Å². The minimum atomic E-state index is -0.659. The van der Waals surface area contributed by atoms with Crippen molar-refractivity contribution in [3.63, 3.8) is 0 Å². The number of carbonyl (C=O) groups excluding carboxylic acids is 1. The Labute approximate surface area is 119 Å². The van der Waals surface area contributed by atoms with Gasteiger partial charge in [-0.25, -0.2) is 0 Å². The van der Waals surface area contributed by atoms with Crippen molar-refractivity contribution in [1.82, 2.24) is 5.32 Å². The topological polar surface area (TPSA) is 95.6 Å². The predicted octanol–water partition coefficient (Wildman–Crippen LogP) is 1.52. The molecule has 5 heteroatoms. The molecule has 0 fully saturated rings. The highest BCUT2D eigenvalue weighted by molar-refractivity contribution is 5.81. The van der Waals surface area contributed by atoms with Gasteiger partial charge in [0.05, 0.1) is 6.04 Å². The highest BCUT2D eigenvalue weighted by Gasteiger charge is 2.15. The van der Waals surface area contributed by atoms with Crippen LogP contribution in [0.2, 0.25) is 0 Å². The number of phenolic OH excluding ortho intramolecular Hbond substituents is 2. The van der Waals surface area contributed by atoms with Gasteiger partial charge in [0.2, 0.25) is 5.91 Å². The number of aromatic hydroxyl groups is 2. The maximum Gasteiger partial charge on any atom is 0.237 e. The van der Waals surface area contributed by atoms with E-state index in [-0.39, 0.29) is 17.4 Å². The third-order valence-electron chi connectivity index (χ3n) is 3.55. The Morgan fingerprint density at radius 3 is 2.45 bits per heavy atom. The number of nitrogens with two attached hydrogens (primary N) is 1. The van der Waals surface area contributed by atoms with Gasteiger partial charge in [-0.15, -0.1) is 0 Å². The van der Waals surface area contributed by atoms with E-state index in [9.17, 15) is 15.0 Å². The Morgan fingerprint density at radius 2 is 1.90 bits per heavy atom. The molecule has 112 valence electrons. The van der Waals surface area contributed by atoms with E-state index in [4.69, 9.17) is 5.73 Å². The van der Waals surface area contributed by atoms with Gasteiger partial charge in [0.15, 0.2) is 11.5 Å². The van der Waals surface area contributed by atoms with Gasteiger partial charge < -0.3 is 21.3 Å². The monoisotopic (exact) mass is 280 g/mol. The second-order valence-corrected chi connectivity index (χ2v) is 5.06. The van der Waals surface area contributed by atoms with Crippen molar-refractivity contribution in [2.24, 2.45) is 11.7 Å². The summed E-state index contributed by atoms with van der Waals surface area (Å²) in [5.41, 5.74) is 6.56. The quantitative estimate of drug-likeness (QED) is 0.569. The molecule has 0 unspecified atom stereocenters. The van der Waals surface area contributed by atoms with E-state index in [0.717, 1.165) is 12.8 Å². The highest BCUT2D eigenvalue weighted by atomic mass is 16.3. The van der Waals surface area contributed by atoms with E-state index < -0.39 is 6.04 Å². The fraction of sp³-hybridized carbons (Fsp3) is 0.533. The molecule has 0 saturated carbocycles. The first kappa shape index (κ1) is 16.3. The van der Waals surface area contributed by atoms with Crippen LogP contribution in [0.5, 0.6) is 11.5 Å². The lowest BCUT2D eigenvalue weighted by Crippen LogP contribution is -2.43. The normalized spacial score (nSPS) is 12.4. The van der Waals surface area contributed by atoms with Crippen molar-refractivity contribution in [1.29, 1.82) is 0 Å². The Bertz CT molecular complexity index is 445. The van der Waals surface area contributed by atoms with Gasteiger partial charge in [-0.2, -0.15) is 0 Å². The van der Waals surface area contributed by atoms with E-state index in [1.807, 2.05) is 0 Å². The zero-order valence-electron chi connectivity index (χ0n) is 12.1. The molecule has 0 bridgehead atoms. The second kappa shape index (κ2) is 7.75. The van der Waals surface area contributed by atoms with Gasteiger partial charge in [0.1, 0.15) is 0 Å². The third kappa shape index (κ3) is 4.74. The molecule has 1 amide bonds. The van der Waals surface area contributed by atoms with Crippen LogP contribution in [0, 0.1) is 5.92 Å². The molecule has 1 atom stereocenters. The first-order valence-corrected chi connectivity index (χ1v) is 7.02. The molecule has 0 aromatic heterocycles. The first-order chi connectivity index (χ1) is 9.47. The van der Waals surface area contributed by atoms with E-state index >= 15 is 0 Å². The Morgan fingerprint density at radius 1 is 1.25 bits per heavy atom. The first-order valence-electron chi connectivity index (χ1n) is 7.02. The molecule has 0 spiro atoms. The molecule has 1 aromatic carbocycles. The maximum absolute atomic E-state index is 11.9. The molecule has 0 aliphatic carbocycles. The van der Waals surface area contributed by atoms with Gasteiger partial charge in [-0.05, 0) is 30.0 Å². The predicted molar refractivity (Wildman–Crippen MR) is 78.5 cm³/mol. The van der Waals surface area contributed by atoms with Gasteiger partial charge in [-0.3, -0.25) is 4.79 Å². The van der Waals surface area contributed by atoms with Crippen molar-refractivity contribution in [2.75, 3.05) is 6.54 Å². The van der Waals surface area contributed by atoms with Crippen LogP contribution in [0.25, 0.3) is 0 Å². The summed E-state index contributed by atoms with van der Waals surface area (Å²) in [5.74, 6) is -0.0963. The molecule has 5 nitrogen and oxygen atoms in total. The second-order valence-electron chi connectivity index (χ2n) is 5.06. The smallest absolute Gasteiger partial charge is 0.237 e. The molecule has 20 heavy (non-hydrogen) atoms. The standard InChI is InChI=1S/C15H24N2O3/c1-3-10(4-2)9-17-15(20)12(16)7-11-5-6-13(18)14(19)8-11/h5-6,8,10,12,18-19H,3-4,7,9,16H2,1-2H3,(H,17,20)/t12-/m0/s1. The number of rotatable bonds is 7. The minimum absolute atomic E-state index is 0.180. The highest BCUT2D eigenvalue weighted by Crippen LogP contribution is 2.25. The summed E-state index contributed by atoms with van der Waals surface area (Å²) in [6.07, 6.45) is 2.37. The lowest BCUT2D eigenvalue weighted by Gasteiger charge is -2.16. The van der Waals surface area contributed by atoms with Crippen LogP contribution in [0.15, 0.2) is 18.2 Å². The van der Waals surface area contributed by atoms with Gasteiger partial charge in [0.25, 0.3) is 0 Å². The number of phenols is 2. The van der Waals surface area contributed by atoms with Crippen LogP contribution in [-0.4, -0.2) is 28.7 Å². The molecule has 5 N–H and O–H groups in total. The van der Waals surface area contributed by atoms with E-state index in [1.165, 1.54) is 12.1 Å². The van der Waals surface area contributed by atoms with E-state index in [0.29, 0.717) is 24.4 Å². The molecule has 0 aliphatic rings. The molecular weight excluding hydrogens is 256 g/mol. The third-order valence-corrected chi connectivity index (χ3v) is 3.55. The average molecular weight is 280 g/mol. The molecule has 0 aliphatic heterocycles. The van der Waals surface area contributed by atoms with Crippen LogP contribution in [0.4, 0.5) is 0 Å². The van der Waals surface area contributed by atoms with Crippen LogP contribution in [0.1, 0.15) is 32.3 Å². The van der Waals surface area contributed by atoms with Gasteiger partial charge in [0, 0.05) is 6.54 Å². The maximum atomic E-state index is 11.9. The summed E-state index contributed by atoms with van der Waals surface area (Å²) in [6, 6.07) is 3.79. The number of nitrogens with one attached hydrogen (secondary N) is 1. The average Bonchev–Trinajstić information content (AvgIpc) is 2.43. The SMILES string of the molecule is CCC(CC)CNC(=O)[C@@H](N)Cc1ccc(O)c(O)c1. The lowest BCUT2D eigenvalue weighted by atomic mass is 10.0. The van der Waals surface area contributed by atoms with E-state index in [2.05, 4.69) is 19.2 Å².